The van der Waals surface area contributed by atoms with Crippen molar-refractivity contribution in [3.63, 3.8) is 0 Å². The molecule has 18 heavy (non-hydrogen) atoms. The van der Waals surface area contributed by atoms with Crippen molar-refractivity contribution in [2.45, 2.75) is 46.3 Å². The van der Waals surface area contributed by atoms with Crippen molar-refractivity contribution in [2.75, 3.05) is 20.1 Å². The van der Waals surface area contributed by atoms with Crippen LogP contribution in [-0.2, 0) is 0 Å². The van der Waals surface area contributed by atoms with Crippen molar-refractivity contribution < 1.29 is 5.11 Å². The molecule has 0 heterocycles. The summed E-state index contributed by atoms with van der Waals surface area (Å²) < 4.78 is 0. The zero-order valence-corrected chi connectivity index (χ0v) is 12.2. The van der Waals surface area contributed by atoms with Crippen molar-refractivity contribution in [3.05, 3.63) is 12.3 Å². The van der Waals surface area contributed by atoms with Gasteiger partial charge in [0.1, 0.15) is 6.23 Å². The van der Waals surface area contributed by atoms with Gasteiger partial charge < -0.3 is 5.11 Å². The van der Waals surface area contributed by atoms with Crippen LogP contribution in [0.1, 0.15) is 40.0 Å². The van der Waals surface area contributed by atoms with E-state index in [1.54, 1.807) is 6.92 Å². The Morgan fingerprint density at radius 1 is 1.50 bits per heavy atom. The van der Waals surface area contributed by atoms with E-state index in [1.807, 2.05) is 25.1 Å². The quantitative estimate of drug-likeness (QED) is 0.507. The van der Waals surface area contributed by atoms with Gasteiger partial charge in [0, 0.05) is 18.0 Å². The lowest BCUT2D eigenvalue weighted by Gasteiger charge is -2.18. The van der Waals surface area contributed by atoms with Crippen LogP contribution in [0.5, 0.6) is 0 Å². The minimum atomic E-state index is -0.408. The van der Waals surface area contributed by atoms with E-state index in [9.17, 15) is 5.11 Å². The molecule has 0 bridgehead atoms. The highest BCUT2D eigenvalue weighted by Gasteiger charge is 2.01. The van der Waals surface area contributed by atoms with Gasteiger partial charge in [0.15, 0.2) is 0 Å². The lowest BCUT2D eigenvalue weighted by molar-refractivity contribution is 0.0409. The maximum Gasteiger partial charge on any atom is 0.104 e. The topological polar surface area (TPSA) is 48.2 Å². The van der Waals surface area contributed by atoms with Crippen molar-refractivity contribution in [1.82, 2.24) is 4.90 Å². The Bertz CT molecular complexity index is 295. The molecule has 0 aliphatic rings. The molecule has 0 aromatic heterocycles. The van der Waals surface area contributed by atoms with Gasteiger partial charge in [-0.15, -0.1) is 0 Å². The van der Waals surface area contributed by atoms with Gasteiger partial charge in [-0.1, -0.05) is 13.5 Å². The number of aliphatic imine (C=N–C) groups is 2. The first-order valence-electron chi connectivity index (χ1n) is 6.55. The summed E-state index contributed by atoms with van der Waals surface area (Å²) in [7, 11) is 1.88. The molecule has 0 rings (SSSR count). The van der Waals surface area contributed by atoms with Crippen molar-refractivity contribution >= 4 is 11.9 Å². The fourth-order valence-electron chi connectivity index (χ4n) is 1.26. The van der Waals surface area contributed by atoms with Crippen LogP contribution < -0.4 is 0 Å². The van der Waals surface area contributed by atoms with E-state index in [-0.39, 0.29) is 0 Å². The lowest BCUT2D eigenvalue weighted by Crippen LogP contribution is -2.30. The number of hydrogen-bond acceptors (Lipinski definition) is 4. The monoisotopic (exact) mass is 253 g/mol. The predicted molar refractivity (Wildman–Crippen MR) is 79.4 cm³/mol. The maximum absolute atomic E-state index is 9.25. The minimum Gasteiger partial charge on any atom is -0.379 e. The van der Waals surface area contributed by atoms with Gasteiger partial charge in [0.2, 0.25) is 0 Å². The Kier molecular flexibility index (Phi) is 9.42. The number of aliphatic hydroxyl groups excluding tert-OH is 1. The Labute approximate surface area is 111 Å². The molecule has 0 aliphatic heterocycles. The molecule has 104 valence electrons. The van der Waals surface area contributed by atoms with Crippen LogP contribution in [0.2, 0.25) is 0 Å². The van der Waals surface area contributed by atoms with Gasteiger partial charge in [-0.25, -0.2) is 0 Å². The number of hydrogen-bond donors (Lipinski definition) is 1. The Morgan fingerprint density at radius 3 is 2.72 bits per heavy atom. The Hall–Kier alpha value is -1.00. The first-order chi connectivity index (χ1) is 8.47. The van der Waals surface area contributed by atoms with Crippen LogP contribution in [0.4, 0.5) is 0 Å². The summed E-state index contributed by atoms with van der Waals surface area (Å²) in [5.41, 5.74) is 2.04. The largest absolute Gasteiger partial charge is 0.379 e. The minimum absolute atomic E-state index is 0.408. The second-order valence-electron chi connectivity index (χ2n) is 4.51. The van der Waals surface area contributed by atoms with E-state index in [0.717, 1.165) is 43.8 Å². The molecule has 0 fully saturated rings. The van der Waals surface area contributed by atoms with E-state index < -0.39 is 6.23 Å². The molecule has 0 radical (unpaired) electrons. The number of nitrogens with zero attached hydrogens (tertiary/aromatic N) is 3. The fraction of sp³-hybridized carbons (Fsp3) is 0.714. The molecule has 0 aromatic carbocycles. The van der Waals surface area contributed by atoms with Gasteiger partial charge in [0.25, 0.3) is 0 Å². The molecule has 0 aromatic rings. The van der Waals surface area contributed by atoms with Gasteiger partial charge >= 0.3 is 0 Å². The summed E-state index contributed by atoms with van der Waals surface area (Å²) >= 11 is 0. The van der Waals surface area contributed by atoms with E-state index in [1.165, 1.54) is 0 Å². The normalized spacial score (nSPS) is 14.4. The second-order valence-corrected chi connectivity index (χ2v) is 4.51. The van der Waals surface area contributed by atoms with Crippen LogP contribution in [0.25, 0.3) is 0 Å². The van der Waals surface area contributed by atoms with Gasteiger partial charge in [-0.05, 0) is 46.4 Å². The standard InChI is InChI=1S/C14H27N3O/c1-6-12(2)16-13(3)8-7-9-15-10-11-17(5)14(4)18/h9,14,18H,2,6-8,10-11H2,1,3-5H3. The molecule has 0 saturated heterocycles. The molecule has 1 atom stereocenters. The maximum atomic E-state index is 9.25. The third-order valence-corrected chi connectivity index (χ3v) is 2.74. The van der Waals surface area contributed by atoms with E-state index >= 15 is 0 Å². The molecule has 0 spiro atoms. The molecular weight excluding hydrogens is 226 g/mol. The zero-order chi connectivity index (χ0) is 14.0. The number of rotatable bonds is 9. The molecule has 4 heteroatoms. The van der Waals surface area contributed by atoms with E-state index in [0.29, 0.717) is 0 Å². The van der Waals surface area contributed by atoms with Crippen LogP contribution in [0.3, 0.4) is 0 Å². The third-order valence-electron chi connectivity index (χ3n) is 2.74. The molecule has 1 N–H and O–H groups in total. The molecule has 4 nitrogen and oxygen atoms in total. The summed E-state index contributed by atoms with van der Waals surface area (Å²) in [5, 5.41) is 9.25. The highest BCUT2D eigenvalue weighted by atomic mass is 16.3. The molecule has 0 amide bonds. The third kappa shape index (κ3) is 9.07. The summed E-state index contributed by atoms with van der Waals surface area (Å²) in [6.07, 6.45) is 4.26. The van der Waals surface area contributed by atoms with Gasteiger partial charge in [-0.2, -0.15) is 0 Å². The lowest BCUT2D eigenvalue weighted by atomic mass is 10.2. The van der Waals surface area contributed by atoms with Crippen LogP contribution in [-0.4, -0.2) is 48.3 Å². The summed E-state index contributed by atoms with van der Waals surface area (Å²) in [6, 6.07) is 0. The van der Waals surface area contributed by atoms with Gasteiger partial charge in [0.05, 0.1) is 6.54 Å². The zero-order valence-electron chi connectivity index (χ0n) is 12.2. The SMILES string of the molecule is C=C(CC)N=C(C)CCC=NCCN(C)C(C)O. The average molecular weight is 253 g/mol. The molecule has 0 aliphatic carbocycles. The fourth-order valence-corrected chi connectivity index (χ4v) is 1.26. The molecule has 1 unspecified atom stereocenters. The summed E-state index contributed by atoms with van der Waals surface area (Å²) in [4.78, 5) is 10.6. The Morgan fingerprint density at radius 2 is 2.17 bits per heavy atom. The second kappa shape index (κ2) is 9.97. The van der Waals surface area contributed by atoms with Gasteiger partial charge in [-0.3, -0.25) is 14.9 Å². The van der Waals surface area contributed by atoms with Crippen LogP contribution in [0.15, 0.2) is 22.3 Å². The van der Waals surface area contributed by atoms with E-state index in [4.69, 9.17) is 0 Å². The number of allylic oxidation sites excluding steroid dienone is 1. The van der Waals surface area contributed by atoms with Crippen molar-refractivity contribution in [2.24, 2.45) is 9.98 Å². The first kappa shape index (κ1) is 17.0. The number of aliphatic hydroxyl groups is 1. The smallest absolute Gasteiger partial charge is 0.104 e. The highest BCUT2D eigenvalue weighted by Crippen LogP contribution is 2.01. The van der Waals surface area contributed by atoms with Crippen LogP contribution in [0, 0.1) is 0 Å². The average Bonchev–Trinajstić information content (AvgIpc) is 2.32. The molecular formula is C14H27N3O. The predicted octanol–water partition coefficient (Wildman–Crippen LogP) is 2.49. The van der Waals surface area contributed by atoms with E-state index in [2.05, 4.69) is 23.5 Å². The van der Waals surface area contributed by atoms with Crippen molar-refractivity contribution in [1.29, 1.82) is 0 Å². The number of likely N-dealkylation sites (N-methyl/N-ethyl adjacent to an activating group) is 1. The highest BCUT2D eigenvalue weighted by molar-refractivity contribution is 5.84. The molecule has 0 saturated carbocycles. The Balaban J connectivity index is 3.72. The first-order valence-corrected chi connectivity index (χ1v) is 6.55. The summed E-state index contributed by atoms with van der Waals surface area (Å²) in [6.45, 7) is 11.2. The van der Waals surface area contributed by atoms with Crippen molar-refractivity contribution in [3.8, 4) is 0 Å². The summed E-state index contributed by atoms with van der Waals surface area (Å²) in [5.74, 6) is 0. The van der Waals surface area contributed by atoms with Crippen LogP contribution >= 0.6 is 0 Å².